The maximum atomic E-state index is 5.08. The van der Waals surface area contributed by atoms with Gasteiger partial charge in [0.1, 0.15) is 0 Å². The van der Waals surface area contributed by atoms with Crippen LogP contribution in [0.25, 0.3) is 0 Å². The predicted molar refractivity (Wildman–Crippen MR) is 142 cm³/mol. The number of halogens is 1. The van der Waals surface area contributed by atoms with Gasteiger partial charge in [-0.15, -0.1) is 0 Å². The lowest BCUT2D eigenvalue weighted by atomic mass is 9.98. The highest BCUT2D eigenvalue weighted by atomic mass is 127. The van der Waals surface area contributed by atoms with Crippen molar-refractivity contribution in [2.45, 2.75) is 12.5 Å². The minimum atomic E-state index is 0.164. The molecule has 0 bridgehead atoms. The fraction of sp³-hybridized carbons (Fsp3) is 0.0714. The zero-order valence-corrected chi connectivity index (χ0v) is 19.6. The first-order valence-electron chi connectivity index (χ1n) is 10.6. The van der Waals surface area contributed by atoms with Crippen LogP contribution in [-0.4, -0.2) is 11.9 Å². The number of anilines is 1. The van der Waals surface area contributed by atoms with Gasteiger partial charge in [-0.25, -0.2) is 0 Å². The Hall–Kier alpha value is -3.25. The number of benzene rings is 4. The molecule has 3 nitrogen and oxygen atoms in total. The monoisotopic (exact) mass is 527 g/mol. The van der Waals surface area contributed by atoms with E-state index in [1.54, 1.807) is 0 Å². The fourth-order valence-corrected chi connectivity index (χ4v) is 4.69. The van der Waals surface area contributed by atoms with Crippen LogP contribution in [0.1, 0.15) is 29.2 Å². The normalized spacial score (nSPS) is 15.8. The first-order valence-corrected chi connectivity index (χ1v) is 11.7. The van der Waals surface area contributed by atoms with Crippen molar-refractivity contribution in [1.82, 2.24) is 0 Å². The zero-order valence-electron chi connectivity index (χ0n) is 17.5. The third-order valence-electron chi connectivity index (χ3n) is 5.54. The van der Waals surface area contributed by atoms with Crippen LogP contribution in [0.3, 0.4) is 0 Å². The lowest BCUT2D eigenvalue weighted by molar-refractivity contribution is 0.705. The highest BCUT2D eigenvalue weighted by Crippen LogP contribution is 2.38. The van der Waals surface area contributed by atoms with E-state index in [0.29, 0.717) is 0 Å². The van der Waals surface area contributed by atoms with Crippen molar-refractivity contribution in [2.24, 2.45) is 10.1 Å². The Balaban J connectivity index is 1.48. The van der Waals surface area contributed by atoms with Crippen molar-refractivity contribution >= 4 is 45.9 Å². The average Bonchev–Trinajstić information content (AvgIpc) is 3.30. The summed E-state index contributed by atoms with van der Waals surface area (Å²) < 4.78 is 1.26. The van der Waals surface area contributed by atoms with E-state index < -0.39 is 0 Å². The molecule has 4 aromatic carbocycles. The van der Waals surface area contributed by atoms with Crippen molar-refractivity contribution < 1.29 is 0 Å². The van der Waals surface area contributed by atoms with Gasteiger partial charge in [0.2, 0.25) is 0 Å². The number of hydrogen-bond donors (Lipinski definition) is 0. The quantitative estimate of drug-likeness (QED) is 0.196. The Morgan fingerprint density at radius 3 is 2.31 bits per heavy atom. The number of para-hydroxylation sites is 1. The molecule has 0 radical (unpaired) electrons. The molecule has 4 heteroatoms. The van der Waals surface area contributed by atoms with E-state index in [-0.39, 0.29) is 6.04 Å². The zero-order chi connectivity index (χ0) is 21.8. The van der Waals surface area contributed by atoms with Gasteiger partial charge in [-0.1, -0.05) is 78.9 Å². The second kappa shape index (κ2) is 9.49. The summed E-state index contributed by atoms with van der Waals surface area (Å²) in [5.74, 6) is 0. The molecule has 0 N–H and O–H groups in total. The van der Waals surface area contributed by atoms with Crippen LogP contribution in [-0.2, 0) is 0 Å². The Labute approximate surface area is 202 Å². The van der Waals surface area contributed by atoms with Crippen molar-refractivity contribution in [3.63, 3.8) is 0 Å². The van der Waals surface area contributed by atoms with Gasteiger partial charge >= 0.3 is 0 Å². The summed E-state index contributed by atoms with van der Waals surface area (Å²) in [6.45, 7) is 0. The SMILES string of the molecule is Ic1ccccc1C1CC(c2cccc(N=Cc3ccccc3)c2)=NN1c1ccccc1. The summed E-state index contributed by atoms with van der Waals surface area (Å²) in [5, 5.41) is 7.24. The van der Waals surface area contributed by atoms with Crippen LogP contribution in [0.5, 0.6) is 0 Å². The van der Waals surface area contributed by atoms with E-state index in [2.05, 4.69) is 111 Å². The largest absolute Gasteiger partial charge is 0.257 e. The molecule has 1 atom stereocenters. The molecule has 0 saturated heterocycles. The summed E-state index contributed by atoms with van der Waals surface area (Å²) in [5.41, 5.74) is 6.61. The van der Waals surface area contributed by atoms with Gasteiger partial charge < -0.3 is 0 Å². The fourth-order valence-electron chi connectivity index (χ4n) is 3.95. The molecular weight excluding hydrogens is 505 g/mol. The van der Waals surface area contributed by atoms with E-state index >= 15 is 0 Å². The van der Waals surface area contributed by atoms with Gasteiger partial charge in [-0.3, -0.25) is 10.0 Å². The van der Waals surface area contributed by atoms with Gasteiger partial charge in [0.15, 0.2) is 0 Å². The highest BCUT2D eigenvalue weighted by molar-refractivity contribution is 14.1. The number of nitrogens with zero attached hydrogens (tertiary/aromatic N) is 3. The molecule has 5 rings (SSSR count). The minimum absolute atomic E-state index is 0.164. The molecule has 32 heavy (non-hydrogen) atoms. The number of aliphatic imine (C=N–C) groups is 1. The van der Waals surface area contributed by atoms with Crippen molar-refractivity contribution in [1.29, 1.82) is 0 Å². The maximum absolute atomic E-state index is 5.08. The van der Waals surface area contributed by atoms with Crippen LogP contribution in [0, 0.1) is 3.57 Å². The maximum Gasteiger partial charge on any atom is 0.0842 e. The van der Waals surface area contributed by atoms with Crippen molar-refractivity contribution in [3.05, 3.63) is 129 Å². The second-order valence-electron chi connectivity index (χ2n) is 7.69. The molecule has 0 spiro atoms. The van der Waals surface area contributed by atoms with E-state index in [1.165, 1.54) is 9.13 Å². The van der Waals surface area contributed by atoms with Gasteiger partial charge in [0.05, 0.1) is 23.1 Å². The van der Waals surface area contributed by atoms with Crippen LogP contribution in [0.2, 0.25) is 0 Å². The first-order chi connectivity index (χ1) is 15.8. The lowest BCUT2D eigenvalue weighted by Gasteiger charge is -2.24. The first kappa shape index (κ1) is 20.6. The molecule has 0 amide bonds. The third kappa shape index (κ3) is 4.50. The summed E-state index contributed by atoms with van der Waals surface area (Å²) in [6, 6.07) is 37.6. The summed E-state index contributed by atoms with van der Waals surface area (Å²) in [4.78, 5) is 4.68. The summed E-state index contributed by atoms with van der Waals surface area (Å²) >= 11 is 2.43. The number of hydrazone groups is 1. The Bertz CT molecular complexity index is 1270. The molecule has 1 aliphatic rings. The predicted octanol–water partition coefficient (Wildman–Crippen LogP) is 7.40. The second-order valence-corrected chi connectivity index (χ2v) is 8.85. The topological polar surface area (TPSA) is 28.0 Å². The van der Waals surface area contributed by atoms with Crippen LogP contribution in [0.15, 0.2) is 119 Å². The molecular formula is C28H22IN3. The average molecular weight is 527 g/mol. The number of hydrogen-bond acceptors (Lipinski definition) is 3. The molecule has 4 aromatic rings. The molecule has 0 saturated carbocycles. The lowest BCUT2D eigenvalue weighted by Crippen LogP contribution is -2.19. The minimum Gasteiger partial charge on any atom is -0.257 e. The summed E-state index contributed by atoms with van der Waals surface area (Å²) in [7, 11) is 0. The molecule has 0 aromatic heterocycles. The Morgan fingerprint density at radius 1 is 0.812 bits per heavy atom. The van der Waals surface area contributed by atoms with Gasteiger partial charge in [0.25, 0.3) is 0 Å². The van der Waals surface area contributed by atoms with Gasteiger partial charge in [0, 0.05) is 16.2 Å². The van der Waals surface area contributed by atoms with E-state index in [4.69, 9.17) is 5.10 Å². The molecule has 1 aliphatic heterocycles. The van der Waals surface area contributed by atoms with Gasteiger partial charge in [-0.05, 0) is 69.6 Å². The van der Waals surface area contributed by atoms with Crippen LogP contribution in [0.4, 0.5) is 11.4 Å². The molecule has 0 aliphatic carbocycles. The number of rotatable bonds is 5. The van der Waals surface area contributed by atoms with Crippen molar-refractivity contribution in [2.75, 3.05) is 5.01 Å². The van der Waals surface area contributed by atoms with E-state index in [9.17, 15) is 0 Å². The van der Waals surface area contributed by atoms with E-state index in [1.807, 2.05) is 36.5 Å². The molecule has 0 fully saturated rings. The van der Waals surface area contributed by atoms with Gasteiger partial charge in [-0.2, -0.15) is 5.10 Å². The third-order valence-corrected chi connectivity index (χ3v) is 6.52. The van der Waals surface area contributed by atoms with Crippen LogP contribution < -0.4 is 5.01 Å². The summed E-state index contributed by atoms with van der Waals surface area (Å²) in [6.07, 6.45) is 2.75. The molecule has 1 unspecified atom stereocenters. The van der Waals surface area contributed by atoms with E-state index in [0.717, 1.165) is 34.6 Å². The highest BCUT2D eigenvalue weighted by Gasteiger charge is 2.31. The standard InChI is InChI=1S/C28H22IN3/c29-26-17-8-7-16-25(26)28-19-27(31-32(28)24-14-5-2-6-15-24)22-12-9-13-23(18-22)30-20-21-10-3-1-4-11-21/h1-18,20,28H,19H2. The Morgan fingerprint density at radius 2 is 1.53 bits per heavy atom. The van der Waals surface area contributed by atoms with Crippen molar-refractivity contribution in [3.8, 4) is 0 Å². The smallest absolute Gasteiger partial charge is 0.0842 e. The van der Waals surface area contributed by atoms with Crippen LogP contribution >= 0.6 is 22.6 Å². The molecule has 156 valence electrons. The Kier molecular flexibility index (Phi) is 6.12. The molecule has 1 heterocycles.